The number of nitrogens with zero attached hydrogens (tertiary/aromatic N) is 3. The van der Waals surface area contributed by atoms with Crippen molar-refractivity contribution in [3.05, 3.63) is 47.8 Å². The molecule has 0 fully saturated rings. The number of sulfonamides is 1. The van der Waals surface area contributed by atoms with Crippen molar-refractivity contribution < 1.29 is 17.6 Å². The molecular formula is C17H18N4O4S. The van der Waals surface area contributed by atoms with Crippen molar-refractivity contribution in [2.24, 2.45) is 0 Å². The average molecular weight is 374 g/mol. The van der Waals surface area contributed by atoms with Crippen LogP contribution < -0.4 is 9.46 Å². The van der Waals surface area contributed by atoms with Crippen molar-refractivity contribution in [3.63, 3.8) is 0 Å². The van der Waals surface area contributed by atoms with E-state index in [0.717, 1.165) is 5.56 Å². The predicted octanol–water partition coefficient (Wildman–Crippen LogP) is 2.87. The Balaban J connectivity index is 1.89. The fourth-order valence-electron chi connectivity index (χ4n) is 2.42. The highest BCUT2D eigenvalue weighted by atomic mass is 32.2. The van der Waals surface area contributed by atoms with Crippen molar-refractivity contribution in [1.82, 2.24) is 15.0 Å². The summed E-state index contributed by atoms with van der Waals surface area (Å²) in [6, 6.07) is 6.56. The van der Waals surface area contributed by atoms with Gasteiger partial charge in [-0.3, -0.25) is 4.72 Å². The Hall–Kier alpha value is -2.94. The lowest BCUT2D eigenvalue weighted by Crippen LogP contribution is -2.16. The molecule has 1 N–H and O–H groups in total. The van der Waals surface area contributed by atoms with Crippen molar-refractivity contribution in [2.45, 2.75) is 25.7 Å². The first-order valence-corrected chi connectivity index (χ1v) is 9.23. The van der Waals surface area contributed by atoms with Crippen LogP contribution in [0.3, 0.4) is 0 Å². The maximum Gasteiger partial charge on any atom is 0.316 e. The van der Waals surface area contributed by atoms with Gasteiger partial charge in [-0.25, -0.2) is 13.4 Å². The highest BCUT2D eigenvalue weighted by Crippen LogP contribution is 2.25. The number of methoxy groups -OCH3 is 1. The normalized spacial score (nSPS) is 11.4. The molecule has 0 saturated heterocycles. The highest BCUT2D eigenvalue weighted by Gasteiger charge is 2.19. The number of benzene rings is 1. The molecule has 0 bridgehead atoms. The molecular weight excluding hydrogens is 356 g/mol. The Morgan fingerprint density at radius 3 is 2.12 bits per heavy atom. The third-order valence-corrected chi connectivity index (χ3v) is 5.11. The lowest BCUT2D eigenvalue weighted by atomic mass is 10.2. The molecule has 0 amide bonds. The number of nitrogens with one attached hydrogen (secondary N) is 1. The van der Waals surface area contributed by atoms with Crippen LogP contribution in [0.1, 0.15) is 17.3 Å². The van der Waals surface area contributed by atoms with Crippen LogP contribution in [0.25, 0.3) is 11.3 Å². The number of rotatable bonds is 5. The maximum absolute atomic E-state index is 12.7. The van der Waals surface area contributed by atoms with Gasteiger partial charge in [0.1, 0.15) is 12.0 Å². The molecule has 3 aromatic rings. The summed E-state index contributed by atoms with van der Waals surface area (Å²) in [5.74, 6) is 0.545. The first kappa shape index (κ1) is 17.9. The van der Waals surface area contributed by atoms with Gasteiger partial charge in [0.25, 0.3) is 10.0 Å². The van der Waals surface area contributed by atoms with E-state index < -0.39 is 10.0 Å². The quantitative estimate of drug-likeness (QED) is 0.731. The molecule has 0 atom stereocenters. The Labute approximate surface area is 151 Å². The largest absolute Gasteiger partial charge is 0.467 e. The van der Waals surface area contributed by atoms with Gasteiger partial charge in [0.15, 0.2) is 5.89 Å². The Kier molecular flexibility index (Phi) is 4.64. The van der Waals surface area contributed by atoms with Crippen LogP contribution in [0.4, 0.5) is 5.69 Å². The van der Waals surface area contributed by atoms with Gasteiger partial charge in [0, 0.05) is 12.5 Å². The molecule has 0 unspecified atom stereocenters. The molecule has 0 aliphatic carbocycles. The van der Waals surface area contributed by atoms with E-state index in [9.17, 15) is 8.42 Å². The van der Waals surface area contributed by atoms with E-state index in [-0.39, 0.29) is 10.9 Å². The number of hydrogen-bond donors (Lipinski definition) is 1. The van der Waals surface area contributed by atoms with Crippen molar-refractivity contribution in [3.8, 4) is 17.3 Å². The lowest BCUT2D eigenvalue weighted by Gasteiger charge is -2.13. The standard InChI is InChI=1S/C17H18N4O4S/c1-10-16(11(2)19-17(18-10)24-4)21-26(22,23)14-7-5-13(6-8-14)15-9-25-12(3)20-15/h5-9,21H,1-4H3. The summed E-state index contributed by atoms with van der Waals surface area (Å²) in [5.41, 5.74) is 2.71. The molecule has 26 heavy (non-hydrogen) atoms. The van der Waals surface area contributed by atoms with Gasteiger partial charge in [-0.2, -0.15) is 9.97 Å². The second-order valence-electron chi connectivity index (χ2n) is 5.64. The summed E-state index contributed by atoms with van der Waals surface area (Å²) in [4.78, 5) is 12.6. The van der Waals surface area contributed by atoms with E-state index in [2.05, 4.69) is 19.7 Å². The van der Waals surface area contributed by atoms with E-state index in [0.29, 0.717) is 28.7 Å². The van der Waals surface area contributed by atoms with Crippen LogP contribution >= 0.6 is 0 Å². The van der Waals surface area contributed by atoms with Crippen LogP contribution in [0.15, 0.2) is 39.8 Å². The van der Waals surface area contributed by atoms with E-state index in [1.165, 1.54) is 25.5 Å². The molecule has 1 aromatic carbocycles. The molecule has 9 heteroatoms. The molecule has 0 saturated carbocycles. The van der Waals surface area contributed by atoms with Gasteiger partial charge in [0.2, 0.25) is 0 Å². The van der Waals surface area contributed by atoms with E-state index in [1.807, 2.05) is 0 Å². The summed E-state index contributed by atoms with van der Waals surface area (Å²) in [6.45, 7) is 5.12. The van der Waals surface area contributed by atoms with Gasteiger partial charge < -0.3 is 9.15 Å². The summed E-state index contributed by atoms with van der Waals surface area (Å²) in [7, 11) is -2.33. The van der Waals surface area contributed by atoms with E-state index in [4.69, 9.17) is 9.15 Å². The number of anilines is 1. The second kappa shape index (κ2) is 6.75. The molecule has 0 aliphatic rings. The van der Waals surface area contributed by atoms with Crippen molar-refractivity contribution in [2.75, 3.05) is 11.8 Å². The Bertz CT molecular complexity index is 1020. The van der Waals surface area contributed by atoms with E-state index in [1.54, 1.807) is 32.9 Å². The SMILES string of the molecule is COc1nc(C)c(NS(=O)(=O)c2ccc(-c3coc(C)n3)cc2)c(C)n1. The number of aryl methyl sites for hydroxylation is 3. The number of aromatic nitrogens is 3. The predicted molar refractivity (Wildman–Crippen MR) is 95.5 cm³/mol. The maximum atomic E-state index is 12.7. The third kappa shape index (κ3) is 3.52. The Morgan fingerprint density at radius 1 is 1.00 bits per heavy atom. The van der Waals surface area contributed by atoms with Gasteiger partial charge >= 0.3 is 6.01 Å². The van der Waals surface area contributed by atoms with Crippen molar-refractivity contribution in [1.29, 1.82) is 0 Å². The summed E-state index contributed by atoms with van der Waals surface area (Å²) >= 11 is 0. The minimum Gasteiger partial charge on any atom is -0.467 e. The van der Waals surface area contributed by atoms with Crippen LogP contribution in [0, 0.1) is 20.8 Å². The van der Waals surface area contributed by atoms with Gasteiger partial charge in [0.05, 0.1) is 29.1 Å². The molecule has 2 aromatic heterocycles. The van der Waals surface area contributed by atoms with Gasteiger partial charge in [-0.1, -0.05) is 12.1 Å². The molecule has 136 valence electrons. The smallest absolute Gasteiger partial charge is 0.316 e. The van der Waals surface area contributed by atoms with Crippen LogP contribution in [0.2, 0.25) is 0 Å². The van der Waals surface area contributed by atoms with Gasteiger partial charge in [-0.05, 0) is 26.0 Å². The van der Waals surface area contributed by atoms with Crippen molar-refractivity contribution >= 4 is 15.7 Å². The number of hydrogen-bond acceptors (Lipinski definition) is 7. The molecule has 3 rings (SSSR count). The first-order valence-electron chi connectivity index (χ1n) is 7.75. The van der Waals surface area contributed by atoms with Gasteiger partial charge in [-0.15, -0.1) is 0 Å². The topological polar surface area (TPSA) is 107 Å². The fourth-order valence-corrected chi connectivity index (χ4v) is 3.60. The van der Waals surface area contributed by atoms with Crippen LogP contribution in [-0.4, -0.2) is 30.5 Å². The van der Waals surface area contributed by atoms with E-state index >= 15 is 0 Å². The highest BCUT2D eigenvalue weighted by molar-refractivity contribution is 7.92. The fraction of sp³-hybridized carbons (Fsp3) is 0.235. The van der Waals surface area contributed by atoms with Crippen LogP contribution in [-0.2, 0) is 10.0 Å². The average Bonchev–Trinajstić information content (AvgIpc) is 3.04. The molecule has 0 spiro atoms. The third-order valence-electron chi connectivity index (χ3n) is 3.75. The Morgan fingerprint density at radius 2 is 1.62 bits per heavy atom. The first-order chi connectivity index (χ1) is 12.3. The zero-order valence-electron chi connectivity index (χ0n) is 14.8. The summed E-state index contributed by atoms with van der Waals surface area (Å²) in [5, 5.41) is 0. The summed E-state index contributed by atoms with van der Waals surface area (Å²) in [6.07, 6.45) is 1.53. The minimum absolute atomic E-state index is 0.121. The zero-order chi connectivity index (χ0) is 18.9. The monoisotopic (exact) mass is 374 g/mol. The zero-order valence-corrected chi connectivity index (χ0v) is 15.6. The molecule has 8 nitrogen and oxygen atoms in total. The summed E-state index contributed by atoms with van der Waals surface area (Å²) < 4.78 is 38.1. The second-order valence-corrected chi connectivity index (χ2v) is 7.32. The van der Waals surface area contributed by atoms with Crippen LogP contribution in [0.5, 0.6) is 6.01 Å². The molecule has 0 radical (unpaired) electrons. The lowest BCUT2D eigenvalue weighted by molar-refractivity contribution is 0.378. The minimum atomic E-state index is -3.79. The number of ether oxygens (including phenoxy) is 1. The molecule has 2 heterocycles. The molecule has 0 aliphatic heterocycles. The number of oxazole rings is 1.